The van der Waals surface area contributed by atoms with Crippen LogP contribution in [-0.4, -0.2) is 23.8 Å². The minimum Gasteiger partial charge on any atom is -0.458 e. The molecule has 3 fully saturated rings. The van der Waals surface area contributed by atoms with Gasteiger partial charge in [-0.2, -0.15) is 0 Å². The van der Waals surface area contributed by atoms with Gasteiger partial charge in [0.1, 0.15) is 5.60 Å². The van der Waals surface area contributed by atoms with Crippen LogP contribution in [0.2, 0.25) is 0 Å². The molecule has 1 saturated carbocycles. The van der Waals surface area contributed by atoms with Gasteiger partial charge in [0.05, 0.1) is 17.6 Å². The van der Waals surface area contributed by atoms with Gasteiger partial charge >= 0.3 is 5.97 Å². The van der Waals surface area contributed by atoms with E-state index in [1.165, 1.54) is 19.3 Å². The predicted molar refractivity (Wildman–Crippen MR) is 86.5 cm³/mol. The molecule has 2 saturated heterocycles. The summed E-state index contributed by atoms with van der Waals surface area (Å²) in [6.07, 6.45) is 8.58. The quantitative estimate of drug-likeness (QED) is 0.721. The zero-order valence-corrected chi connectivity index (χ0v) is 14.9. The molecule has 0 N–H and O–H groups in total. The van der Waals surface area contributed by atoms with Crippen molar-refractivity contribution in [1.29, 1.82) is 0 Å². The molecule has 0 aromatic heterocycles. The molecule has 3 unspecified atom stereocenters. The maximum Gasteiger partial charge on any atom is 0.312 e. The Morgan fingerprint density at radius 2 is 1.73 bits per heavy atom. The maximum atomic E-state index is 13.0. The van der Waals surface area contributed by atoms with Gasteiger partial charge in [-0.05, 0) is 64.2 Å². The van der Waals surface area contributed by atoms with Gasteiger partial charge in [-0.1, -0.05) is 20.8 Å². The van der Waals surface area contributed by atoms with Crippen LogP contribution >= 0.6 is 0 Å². The summed E-state index contributed by atoms with van der Waals surface area (Å²) in [5.74, 6) is 0.401. The zero-order valence-electron chi connectivity index (χ0n) is 14.9. The average molecular weight is 308 g/mol. The molecule has 0 amide bonds. The smallest absolute Gasteiger partial charge is 0.312 e. The summed E-state index contributed by atoms with van der Waals surface area (Å²) in [6, 6.07) is 0. The number of fused-ring (bicyclic) bond motifs is 2. The molecule has 3 atom stereocenters. The summed E-state index contributed by atoms with van der Waals surface area (Å²) in [5, 5.41) is 0. The Hall–Kier alpha value is -0.570. The molecule has 3 nitrogen and oxygen atoms in total. The van der Waals surface area contributed by atoms with Crippen molar-refractivity contribution in [3.63, 3.8) is 0 Å². The van der Waals surface area contributed by atoms with Crippen LogP contribution in [0.5, 0.6) is 0 Å². The van der Waals surface area contributed by atoms with E-state index < -0.39 is 5.41 Å². The number of hydrogen-bond acceptors (Lipinski definition) is 3. The van der Waals surface area contributed by atoms with E-state index in [9.17, 15) is 4.79 Å². The van der Waals surface area contributed by atoms with E-state index in [2.05, 4.69) is 20.8 Å². The fourth-order valence-electron chi connectivity index (χ4n) is 4.33. The van der Waals surface area contributed by atoms with E-state index in [1.807, 2.05) is 13.8 Å². The van der Waals surface area contributed by atoms with E-state index in [0.717, 1.165) is 25.7 Å². The van der Waals surface area contributed by atoms with Crippen molar-refractivity contribution < 1.29 is 14.3 Å². The van der Waals surface area contributed by atoms with Crippen LogP contribution in [0.3, 0.4) is 0 Å². The highest BCUT2D eigenvalue weighted by Crippen LogP contribution is 2.52. The number of rotatable bonds is 3. The molecule has 126 valence electrons. The fourth-order valence-corrected chi connectivity index (χ4v) is 4.33. The lowest BCUT2D eigenvalue weighted by Gasteiger charge is -2.43. The summed E-state index contributed by atoms with van der Waals surface area (Å²) in [6.45, 7) is 10.4. The Balaban J connectivity index is 1.79. The highest BCUT2D eigenvalue weighted by atomic mass is 16.6. The molecule has 0 radical (unpaired) electrons. The van der Waals surface area contributed by atoms with Crippen LogP contribution in [0.1, 0.15) is 79.6 Å². The molecule has 3 heteroatoms. The number of carbonyl (C=O) groups is 1. The molecule has 2 heterocycles. The molecule has 2 bridgehead atoms. The lowest BCUT2D eigenvalue weighted by molar-refractivity contribution is -0.185. The number of ether oxygens (including phenoxy) is 2. The predicted octanol–water partition coefficient (Wildman–Crippen LogP) is 4.48. The molecule has 3 aliphatic rings. The number of esters is 1. The van der Waals surface area contributed by atoms with E-state index in [-0.39, 0.29) is 17.0 Å². The third-order valence-electron chi connectivity index (χ3n) is 6.91. The second-order valence-corrected chi connectivity index (χ2v) is 9.25. The van der Waals surface area contributed by atoms with Crippen LogP contribution in [-0.2, 0) is 14.3 Å². The fraction of sp³-hybridized carbons (Fsp3) is 0.947. The van der Waals surface area contributed by atoms with Gasteiger partial charge in [-0.25, -0.2) is 0 Å². The summed E-state index contributed by atoms with van der Waals surface area (Å²) < 4.78 is 12.4. The Kier molecular flexibility index (Phi) is 3.87. The Bertz CT molecular complexity index is 440. The molecule has 22 heavy (non-hydrogen) atoms. The maximum absolute atomic E-state index is 13.0. The lowest BCUT2D eigenvalue weighted by Crippen LogP contribution is -2.49. The first-order chi connectivity index (χ1) is 10.2. The van der Waals surface area contributed by atoms with Gasteiger partial charge < -0.3 is 9.47 Å². The third-order valence-corrected chi connectivity index (χ3v) is 6.91. The van der Waals surface area contributed by atoms with Gasteiger partial charge in [0.25, 0.3) is 0 Å². The molecular weight excluding hydrogens is 276 g/mol. The Morgan fingerprint density at radius 1 is 1.09 bits per heavy atom. The van der Waals surface area contributed by atoms with E-state index in [4.69, 9.17) is 9.47 Å². The van der Waals surface area contributed by atoms with Crippen molar-refractivity contribution in [2.24, 2.45) is 16.7 Å². The third kappa shape index (κ3) is 2.50. The average Bonchev–Trinajstić information content (AvgIpc) is 3.13. The normalized spacial score (nSPS) is 34.1. The molecule has 1 aliphatic carbocycles. The standard InChI is InChI=1S/C19H32O3/c1-17(2,3)18(4,5)16(20)22-19(10-6-7-11-19)14-12-13-8-9-15(14)21-13/h13-15H,6-12H2,1-5H3. The summed E-state index contributed by atoms with van der Waals surface area (Å²) in [4.78, 5) is 13.0. The topological polar surface area (TPSA) is 35.5 Å². The first kappa shape index (κ1) is 16.3. The van der Waals surface area contributed by atoms with Crippen molar-refractivity contribution in [1.82, 2.24) is 0 Å². The van der Waals surface area contributed by atoms with Crippen LogP contribution < -0.4 is 0 Å². The van der Waals surface area contributed by atoms with Gasteiger partial charge in [0, 0.05) is 5.92 Å². The zero-order chi connectivity index (χ0) is 16.2. The Labute approximate surface area is 135 Å². The highest BCUT2D eigenvalue weighted by Gasteiger charge is 2.56. The molecule has 0 spiro atoms. The van der Waals surface area contributed by atoms with Crippen LogP contribution in [0.4, 0.5) is 0 Å². The highest BCUT2D eigenvalue weighted by molar-refractivity contribution is 5.77. The summed E-state index contributed by atoms with van der Waals surface area (Å²) in [7, 11) is 0. The van der Waals surface area contributed by atoms with Crippen molar-refractivity contribution >= 4 is 5.97 Å². The van der Waals surface area contributed by atoms with E-state index >= 15 is 0 Å². The second kappa shape index (κ2) is 5.22. The van der Waals surface area contributed by atoms with Crippen LogP contribution in [0, 0.1) is 16.7 Å². The largest absolute Gasteiger partial charge is 0.458 e. The first-order valence-corrected chi connectivity index (χ1v) is 9.05. The first-order valence-electron chi connectivity index (χ1n) is 9.05. The number of hydrogen-bond donors (Lipinski definition) is 0. The van der Waals surface area contributed by atoms with Crippen molar-refractivity contribution in [2.45, 2.75) is 97.4 Å². The van der Waals surface area contributed by atoms with Crippen LogP contribution in [0.15, 0.2) is 0 Å². The molecular formula is C19H32O3. The Morgan fingerprint density at radius 3 is 2.18 bits per heavy atom. The summed E-state index contributed by atoms with van der Waals surface area (Å²) in [5.41, 5.74) is -0.824. The van der Waals surface area contributed by atoms with E-state index in [1.54, 1.807) is 0 Å². The van der Waals surface area contributed by atoms with Crippen LogP contribution in [0.25, 0.3) is 0 Å². The van der Waals surface area contributed by atoms with Crippen molar-refractivity contribution in [2.75, 3.05) is 0 Å². The van der Waals surface area contributed by atoms with E-state index in [0.29, 0.717) is 18.1 Å². The van der Waals surface area contributed by atoms with Gasteiger partial charge in [-0.3, -0.25) is 4.79 Å². The van der Waals surface area contributed by atoms with Gasteiger partial charge in [0.15, 0.2) is 0 Å². The molecule has 0 aromatic carbocycles. The number of carbonyl (C=O) groups excluding carboxylic acids is 1. The molecule has 2 aliphatic heterocycles. The van der Waals surface area contributed by atoms with Crippen molar-refractivity contribution in [3.8, 4) is 0 Å². The van der Waals surface area contributed by atoms with Crippen molar-refractivity contribution in [3.05, 3.63) is 0 Å². The monoisotopic (exact) mass is 308 g/mol. The molecule has 0 aromatic rings. The SMILES string of the molecule is CC(C)(C)C(C)(C)C(=O)OC1(C2CC3CCC2O3)CCCC1. The lowest BCUT2D eigenvalue weighted by atomic mass is 9.69. The minimum absolute atomic E-state index is 0.0235. The van der Waals surface area contributed by atoms with Gasteiger partial charge in [0.2, 0.25) is 0 Å². The minimum atomic E-state index is -0.471. The second-order valence-electron chi connectivity index (χ2n) is 9.25. The molecule has 3 rings (SSSR count). The van der Waals surface area contributed by atoms with Gasteiger partial charge in [-0.15, -0.1) is 0 Å². The summed E-state index contributed by atoms with van der Waals surface area (Å²) >= 11 is 0.